The number of carbonyl (C=O) groups is 1. The Morgan fingerprint density at radius 1 is 1.09 bits per heavy atom. The van der Waals surface area contributed by atoms with Crippen LogP contribution < -0.4 is 20.3 Å². The van der Waals surface area contributed by atoms with Crippen LogP contribution in [0.3, 0.4) is 0 Å². The number of carbonyl (C=O) groups excluding carboxylic acids is 1. The van der Waals surface area contributed by atoms with Crippen LogP contribution in [0, 0.1) is 11.6 Å². The average Bonchev–Trinajstić information content (AvgIpc) is 2.81. The SMILES string of the molecule is Nc1nc(OC2CCOCC2)cc(N2CCC3(CC2)C[C@@H](F)CC(=O)N3c2ccc(F)c(F)c2)n1. The van der Waals surface area contributed by atoms with Crippen LogP contribution in [0.2, 0.25) is 0 Å². The third-order valence-corrected chi connectivity index (χ3v) is 7.06. The maximum Gasteiger partial charge on any atom is 0.230 e. The molecule has 11 heteroatoms. The first-order chi connectivity index (χ1) is 16.8. The van der Waals surface area contributed by atoms with E-state index in [1.54, 1.807) is 6.07 Å². The van der Waals surface area contributed by atoms with Crippen LogP contribution in [0.4, 0.5) is 30.6 Å². The third-order valence-electron chi connectivity index (χ3n) is 7.06. The lowest BCUT2D eigenvalue weighted by Gasteiger charge is -2.52. The highest BCUT2D eigenvalue weighted by molar-refractivity contribution is 5.96. The van der Waals surface area contributed by atoms with E-state index >= 15 is 0 Å². The zero-order valence-electron chi connectivity index (χ0n) is 19.3. The molecular formula is C24H28F3N5O3. The first-order valence-corrected chi connectivity index (χ1v) is 11.9. The van der Waals surface area contributed by atoms with Gasteiger partial charge < -0.3 is 25.0 Å². The van der Waals surface area contributed by atoms with Gasteiger partial charge in [-0.3, -0.25) is 4.79 Å². The van der Waals surface area contributed by atoms with Gasteiger partial charge in [-0.25, -0.2) is 13.2 Å². The molecule has 3 fully saturated rings. The minimum atomic E-state index is -1.29. The molecule has 1 aromatic heterocycles. The number of nitrogens with zero attached hydrogens (tertiary/aromatic N) is 4. The van der Waals surface area contributed by atoms with E-state index in [2.05, 4.69) is 9.97 Å². The number of halogens is 3. The Balaban J connectivity index is 1.35. The standard InChI is InChI=1S/C24H28F3N5O3/c25-15-11-22(33)32(16-1-2-18(26)19(27)12-16)24(14-15)5-7-31(8-6-24)20-13-21(30-23(28)29-20)35-17-3-9-34-10-4-17/h1-2,12-13,15,17H,3-11,14H2,(H2,28,29,30)/t15-/m0/s1. The van der Waals surface area contributed by atoms with Crippen molar-refractivity contribution in [2.75, 3.05) is 41.8 Å². The van der Waals surface area contributed by atoms with Crippen molar-refractivity contribution in [2.45, 2.75) is 56.3 Å². The van der Waals surface area contributed by atoms with Gasteiger partial charge in [0.15, 0.2) is 11.6 Å². The summed E-state index contributed by atoms with van der Waals surface area (Å²) in [4.78, 5) is 24.9. The van der Waals surface area contributed by atoms with Gasteiger partial charge in [-0.1, -0.05) is 0 Å². The van der Waals surface area contributed by atoms with E-state index in [0.29, 0.717) is 50.8 Å². The van der Waals surface area contributed by atoms with E-state index < -0.39 is 29.3 Å². The van der Waals surface area contributed by atoms with Gasteiger partial charge in [-0.05, 0) is 25.0 Å². The van der Waals surface area contributed by atoms with Gasteiger partial charge in [0.05, 0.1) is 25.2 Å². The summed E-state index contributed by atoms with van der Waals surface area (Å²) in [5.41, 5.74) is 5.35. The van der Waals surface area contributed by atoms with Crippen LogP contribution >= 0.6 is 0 Å². The molecule has 0 saturated carbocycles. The van der Waals surface area contributed by atoms with Crippen molar-refractivity contribution in [3.05, 3.63) is 35.9 Å². The van der Waals surface area contributed by atoms with Gasteiger partial charge in [0, 0.05) is 50.2 Å². The van der Waals surface area contributed by atoms with E-state index in [1.807, 2.05) is 4.90 Å². The number of nitrogen functional groups attached to an aromatic ring is 1. The minimum absolute atomic E-state index is 0.00470. The molecule has 35 heavy (non-hydrogen) atoms. The molecule has 0 aliphatic carbocycles. The van der Waals surface area contributed by atoms with Gasteiger partial charge in [-0.2, -0.15) is 9.97 Å². The van der Waals surface area contributed by atoms with Crippen LogP contribution in [0.15, 0.2) is 24.3 Å². The smallest absolute Gasteiger partial charge is 0.230 e. The normalized spacial score (nSPS) is 23.1. The number of hydrogen-bond donors (Lipinski definition) is 1. The second-order valence-corrected chi connectivity index (χ2v) is 9.40. The lowest BCUT2D eigenvalue weighted by atomic mass is 9.77. The zero-order chi connectivity index (χ0) is 24.6. The van der Waals surface area contributed by atoms with Crippen molar-refractivity contribution in [3.8, 4) is 5.88 Å². The summed E-state index contributed by atoms with van der Waals surface area (Å²) in [5, 5.41) is 0. The quantitative estimate of drug-likeness (QED) is 0.701. The Morgan fingerprint density at radius 3 is 2.54 bits per heavy atom. The number of rotatable bonds is 4. The molecule has 0 unspecified atom stereocenters. The van der Waals surface area contributed by atoms with Crippen molar-refractivity contribution >= 4 is 23.4 Å². The summed E-state index contributed by atoms with van der Waals surface area (Å²) in [7, 11) is 0. The van der Waals surface area contributed by atoms with Gasteiger partial charge >= 0.3 is 0 Å². The number of hydrogen-bond acceptors (Lipinski definition) is 7. The largest absolute Gasteiger partial charge is 0.474 e. The fourth-order valence-corrected chi connectivity index (χ4v) is 5.36. The summed E-state index contributed by atoms with van der Waals surface area (Å²) in [6.45, 7) is 2.20. The Morgan fingerprint density at radius 2 is 1.83 bits per heavy atom. The molecule has 1 atom stereocenters. The van der Waals surface area contributed by atoms with Crippen molar-refractivity contribution in [3.63, 3.8) is 0 Å². The summed E-state index contributed by atoms with van der Waals surface area (Å²) < 4.78 is 53.5. The molecule has 2 aromatic rings. The monoisotopic (exact) mass is 491 g/mol. The molecule has 4 heterocycles. The van der Waals surface area contributed by atoms with Crippen molar-refractivity contribution in [2.24, 2.45) is 0 Å². The molecule has 2 N–H and O–H groups in total. The second kappa shape index (κ2) is 9.52. The van der Waals surface area contributed by atoms with Crippen molar-refractivity contribution < 1.29 is 27.4 Å². The predicted molar refractivity (Wildman–Crippen MR) is 123 cm³/mol. The molecule has 5 rings (SSSR count). The van der Waals surface area contributed by atoms with E-state index in [-0.39, 0.29) is 30.6 Å². The molecular weight excluding hydrogens is 463 g/mol. The van der Waals surface area contributed by atoms with Gasteiger partial charge in [0.1, 0.15) is 18.1 Å². The van der Waals surface area contributed by atoms with E-state index in [9.17, 15) is 18.0 Å². The fourth-order valence-electron chi connectivity index (χ4n) is 5.36. The maximum atomic E-state index is 14.6. The van der Waals surface area contributed by atoms with Crippen molar-refractivity contribution in [1.82, 2.24) is 9.97 Å². The fraction of sp³-hybridized carbons (Fsp3) is 0.542. The Bertz CT molecular complexity index is 1090. The highest BCUT2D eigenvalue weighted by Gasteiger charge is 2.49. The van der Waals surface area contributed by atoms with E-state index in [1.165, 1.54) is 11.0 Å². The zero-order valence-corrected chi connectivity index (χ0v) is 19.3. The lowest BCUT2D eigenvalue weighted by Crippen LogP contribution is -2.62. The molecule has 3 saturated heterocycles. The van der Waals surface area contributed by atoms with Crippen LogP contribution in [0.25, 0.3) is 0 Å². The summed E-state index contributed by atoms with van der Waals surface area (Å²) in [6.07, 6.45) is 0.957. The second-order valence-electron chi connectivity index (χ2n) is 9.40. The molecule has 3 aliphatic heterocycles. The first kappa shape index (κ1) is 23.7. The Labute approximate surface area is 201 Å². The lowest BCUT2D eigenvalue weighted by molar-refractivity contribution is -0.123. The predicted octanol–water partition coefficient (Wildman–Crippen LogP) is 3.40. The highest BCUT2D eigenvalue weighted by Crippen LogP contribution is 2.43. The van der Waals surface area contributed by atoms with Crippen LogP contribution in [0.5, 0.6) is 5.88 Å². The number of benzene rings is 1. The van der Waals surface area contributed by atoms with Crippen molar-refractivity contribution in [1.29, 1.82) is 0 Å². The first-order valence-electron chi connectivity index (χ1n) is 11.9. The minimum Gasteiger partial charge on any atom is -0.474 e. The van der Waals surface area contributed by atoms with E-state index in [4.69, 9.17) is 15.2 Å². The third kappa shape index (κ3) is 4.86. The topological polar surface area (TPSA) is 93.8 Å². The van der Waals surface area contributed by atoms with E-state index in [0.717, 1.165) is 25.0 Å². The van der Waals surface area contributed by atoms with Gasteiger partial charge in [-0.15, -0.1) is 0 Å². The number of aromatic nitrogens is 2. The van der Waals surface area contributed by atoms with Crippen LogP contribution in [0.1, 0.15) is 38.5 Å². The molecule has 0 bridgehead atoms. The summed E-state index contributed by atoms with van der Waals surface area (Å²) >= 11 is 0. The molecule has 8 nitrogen and oxygen atoms in total. The molecule has 1 spiro atoms. The van der Waals surface area contributed by atoms with Crippen LogP contribution in [-0.4, -0.2) is 60.0 Å². The molecule has 188 valence electrons. The van der Waals surface area contributed by atoms with Gasteiger partial charge in [0.2, 0.25) is 17.7 Å². The van der Waals surface area contributed by atoms with Crippen LogP contribution in [-0.2, 0) is 9.53 Å². The Hall–Kier alpha value is -3.08. The maximum absolute atomic E-state index is 14.6. The number of alkyl halides is 1. The Kier molecular flexibility index (Phi) is 6.43. The number of piperidine rings is 2. The molecule has 1 amide bonds. The number of nitrogens with two attached hydrogens (primary N) is 1. The molecule has 3 aliphatic rings. The summed E-state index contributed by atoms with van der Waals surface area (Å²) in [6, 6.07) is 5.10. The molecule has 0 radical (unpaired) electrons. The number of ether oxygens (including phenoxy) is 2. The number of anilines is 3. The summed E-state index contributed by atoms with van der Waals surface area (Å²) in [5.74, 6) is -1.40. The average molecular weight is 492 g/mol. The van der Waals surface area contributed by atoms with Gasteiger partial charge in [0.25, 0.3) is 0 Å². The highest BCUT2D eigenvalue weighted by atomic mass is 19.2. The molecule has 1 aromatic carbocycles. The number of amides is 1.